The Balaban J connectivity index is 1.30. The number of piperidine rings is 1. The number of hydrogen-bond acceptors (Lipinski definition) is 6. The second-order valence-electron chi connectivity index (χ2n) is 10.4. The molecular formula is C23H39N5O6. The van der Waals surface area contributed by atoms with E-state index in [1.165, 1.54) is 9.96 Å². The summed E-state index contributed by atoms with van der Waals surface area (Å²) in [6, 6.07) is -0.926. The van der Waals surface area contributed by atoms with Crippen molar-refractivity contribution in [2.75, 3.05) is 26.2 Å². The van der Waals surface area contributed by atoms with Crippen molar-refractivity contribution in [2.24, 2.45) is 5.92 Å². The van der Waals surface area contributed by atoms with E-state index in [1.807, 2.05) is 20.8 Å². The molecule has 0 spiro atoms. The highest BCUT2D eigenvalue weighted by atomic mass is 16.7. The second kappa shape index (κ2) is 11.2. The van der Waals surface area contributed by atoms with Crippen LogP contribution < -0.4 is 10.9 Å². The minimum atomic E-state index is -0.613. The number of carbonyl (C=O) groups is 4. The molecule has 0 aliphatic carbocycles. The van der Waals surface area contributed by atoms with E-state index < -0.39 is 11.6 Å². The molecule has 5 amide bonds. The lowest BCUT2D eigenvalue weighted by Crippen LogP contribution is -2.54. The van der Waals surface area contributed by atoms with Gasteiger partial charge < -0.3 is 14.5 Å². The fraction of sp³-hybridized carbons (Fsp3) is 0.826. The predicted octanol–water partition coefficient (Wildman–Crippen LogP) is 2.17. The third kappa shape index (κ3) is 6.74. The first kappa shape index (κ1) is 26.1. The minimum absolute atomic E-state index is 0.0271. The summed E-state index contributed by atoms with van der Waals surface area (Å²) in [6.45, 7) is 9.79. The van der Waals surface area contributed by atoms with Crippen molar-refractivity contribution in [1.29, 1.82) is 0 Å². The van der Waals surface area contributed by atoms with Gasteiger partial charge in [-0.15, -0.1) is 0 Å². The van der Waals surface area contributed by atoms with Crippen LogP contribution in [-0.2, 0) is 19.2 Å². The van der Waals surface area contributed by atoms with Gasteiger partial charge in [-0.3, -0.25) is 25.3 Å². The molecule has 11 nitrogen and oxygen atoms in total. The fourth-order valence-corrected chi connectivity index (χ4v) is 4.43. The number of likely N-dealkylation sites (tertiary alicyclic amines) is 1. The Morgan fingerprint density at radius 3 is 2.47 bits per heavy atom. The van der Waals surface area contributed by atoms with Gasteiger partial charge in [-0.2, -0.15) is 5.06 Å². The number of nitrogens with zero attached hydrogens (tertiary/aromatic N) is 3. The SMILES string of the molecule is CCCCON1C(=O)N2C[C@H]1CC[C@H]2C(=O)NNC(=O)CCCC1CN(C(=O)OC(C)(C)C)C1. The Kier molecular flexibility index (Phi) is 8.62. The number of hydrazine groups is 1. The number of fused-ring (bicyclic) bond motifs is 2. The van der Waals surface area contributed by atoms with Crippen molar-refractivity contribution in [3.63, 3.8) is 0 Å². The maximum Gasteiger partial charge on any atom is 0.410 e. The molecular weight excluding hydrogens is 442 g/mol. The smallest absolute Gasteiger partial charge is 0.410 e. The number of carbonyl (C=O) groups excluding carboxylic acids is 4. The quantitative estimate of drug-likeness (QED) is 0.385. The van der Waals surface area contributed by atoms with Crippen LogP contribution in [0.3, 0.4) is 0 Å². The Bertz CT molecular complexity index is 763. The summed E-state index contributed by atoms with van der Waals surface area (Å²) in [6.07, 6.45) is 4.52. The van der Waals surface area contributed by atoms with Crippen molar-refractivity contribution in [1.82, 2.24) is 25.7 Å². The highest BCUT2D eigenvalue weighted by molar-refractivity contribution is 5.90. The number of ether oxygens (including phenoxy) is 1. The van der Waals surface area contributed by atoms with Gasteiger partial charge in [0.1, 0.15) is 11.6 Å². The lowest BCUT2D eigenvalue weighted by Gasteiger charge is -2.39. The number of amides is 5. The van der Waals surface area contributed by atoms with E-state index in [4.69, 9.17) is 9.57 Å². The number of hydrogen-bond donors (Lipinski definition) is 2. The van der Waals surface area contributed by atoms with E-state index in [0.29, 0.717) is 51.4 Å². The highest BCUT2D eigenvalue weighted by Crippen LogP contribution is 2.30. The summed E-state index contributed by atoms with van der Waals surface area (Å²) in [5.74, 6) is -0.307. The molecule has 3 saturated heterocycles. The number of rotatable bonds is 9. The topological polar surface area (TPSA) is 121 Å². The molecule has 192 valence electrons. The van der Waals surface area contributed by atoms with Crippen LogP contribution in [0.25, 0.3) is 0 Å². The molecule has 0 radical (unpaired) electrons. The molecule has 2 atom stereocenters. The van der Waals surface area contributed by atoms with Gasteiger partial charge in [0.15, 0.2) is 0 Å². The van der Waals surface area contributed by atoms with Crippen LogP contribution in [-0.4, -0.2) is 82.7 Å². The molecule has 34 heavy (non-hydrogen) atoms. The summed E-state index contributed by atoms with van der Waals surface area (Å²) in [7, 11) is 0. The summed E-state index contributed by atoms with van der Waals surface area (Å²) in [5, 5.41) is 1.41. The van der Waals surface area contributed by atoms with Crippen LogP contribution in [0, 0.1) is 5.92 Å². The van der Waals surface area contributed by atoms with Crippen LogP contribution in [0.15, 0.2) is 0 Å². The van der Waals surface area contributed by atoms with Gasteiger partial charge in [-0.05, 0) is 58.8 Å². The summed E-state index contributed by atoms with van der Waals surface area (Å²) >= 11 is 0. The van der Waals surface area contributed by atoms with Crippen LogP contribution >= 0.6 is 0 Å². The van der Waals surface area contributed by atoms with E-state index in [2.05, 4.69) is 17.8 Å². The number of unbranched alkanes of at least 4 members (excludes halogenated alkanes) is 1. The lowest BCUT2D eigenvalue weighted by atomic mass is 9.94. The van der Waals surface area contributed by atoms with Crippen molar-refractivity contribution >= 4 is 23.9 Å². The molecule has 11 heteroatoms. The number of hydroxylamine groups is 2. The van der Waals surface area contributed by atoms with Crippen molar-refractivity contribution in [3.8, 4) is 0 Å². The summed E-state index contributed by atoms with van der Waals surface area (Å²) in [4.78, 5) is 58.2. The molecule has 2 bridgehead atoms. The average molecular weight is 482 g/mol. The van der Waals surface area contributed by atoms with Crippen LogP contribution in [0.2, 0.25) is 0 Å². The van der Waals surface area contributed by atoms with E-state index in [1.54, 1.807) is 4.90 Å². The maximum atomic E-state index is 12.6. The molecule has 0 aromatic heterocycles. The van der Waals surface area contributed by atoms with Crippen molar-refractivity contribution in [3.05, 3.63) is 0 Å². The molecule has 0 aromatic carbocycles. The van der Waals surface area contributed by atoms with Gasteiger partial charge >= 0.3 is 12.1 Å². The first-order chi connectivity index (χ1) is 16.1. The zero-order valence-electron chi connectivity index (χ0n) is 20.8. The average Bonchev–Trinajstić information content (AvgIpc) is 2.97. The molecule has 0 saturated carbocycles. The monoisotopic (exact) mass is 481 g/mol. The van der Waals surface area contributed by atoms with Gasteiger partial charge in [-0.25, -0.2) is 9.59 Å². The van der Waals surface area contributed by atoms with Crippen LogP contribution in [0.1, 0.15) is 72.6 Å². The molecule has 2 N–H and O–H groups in total. The Labute approximate surface area is 201 Å². The van der Waals surface area contributed by atoms with Gasteiger partial charge in [-0.1, -0.05) is 13.3 Å². The molecule has 0 aromatic rings. The van der Waals surface area contributed by atoms with E-state index >= 15 is 0 Å². The van der Waals surface area contributed by atoms with Crippen molar-refractivity contribution < 1.29 is 28.8 Å². The number of urea groups is 1. The largest absolute Gasteiger partial charge is 0.444 e. The molecule has 0 unspecified atom stereocenters. The fourth-order valence-electron chi connectivity index (χ4n) is 4.43. The zero-order valence-corrected chi connectivity index (χ0v) is 20.8. The Morgan fingerprint density at radius 1 is 1.06 bits per heavy atom. The molecule has 3 aliphatic heterocycles. The maximum absolute atomic E-state index is 12.6. The van der Waals surface area contributed by atoms with Gasteiger partial charge in [0.2, 0.25) is 5.91 Å². The molecule has 3 fully saturated rings. The van der Waals surface area contributed by atoms with Gasteiger partial charge in [0, 0.05) is 26.1 Å². The summed E-state index contributed by atoms with van der Waals surface area (Å²) in [5.41, 5.74) is 4.43. The van der Waals surface area contributed by atoms with Crippen LogP contribution in [0.5, 0.6) is 0 Å². The van der Waals surface area contributed by atoms with Crippen LogP contribution in [0.4, 0.5) is 9.59 Å². The third-order valence-corrected chi connectivity index (χ3v) is 6.30. The van der Waals surface area contributed by atoms with E-state index in [9.17, 15) is 19.2 Å². The zero-order chi connectivity index (χ0) is 24.9. The first-order valence-electron chi connectivity index (χ1n) is 12.4. The van der Waals surface area contributed by atoms with Gasteiger partial charge in [0.05, 0.1) is 12.6 Å². The third-order valence-electron chi connectivity index (χ3n) is 6.30. The standard InChI is InChI=1S/C23H39N5O6/c1-5-6-12-33-28-17-10-11-18(27(15-17)21(28)31)20(30)25-24-19(29)9-7-8-16-13-26(14-16)22(32)34-23(2,3)4/h16-18H,5-15H2,1-4H3,(H,24,29)(H,25,30)/t17-,18+/m1/s1. The van der Waals surface area contributed by atoms with Crippen molar-refractivity contribution in [2.45, 2.75) is 90.3 Å². The predicted molar refractivity (Wildman–Crippen MR) is 123 cm³/mol. The molecule has 3 heterocycles. The normalized spacial score (nSPS) is 22.5. The second-order valence-corrected chi connectivity index (χ2v) is 10.4. The first-order valence-corrected chi connectivity index (χ1v) is 12.4. The number of nitrogens with one attached hydrogen (secondary N) is 2. The van der Waals surface area contributed by atoms with Gasteiger partial charge in [0.25, 0.3) is 5.91 Å². The van der Waals surface area contributed by atoms with E-state index in [-0.39, 0.29) is 36.4 Å². The molecule has 3 aliphatic rings. The molecule has 3 rings (SSSR count). The Morgan fingerprint density at radius 2 is 1.79 bits per heavy atom. The lowest BCUT2D eigenvalue weighted by molar-refractivity contribution is -0.132. The Hall–Kier alpha value is -2.56. The summed E-state index contributed by atoms with van der Waals surface area (Å²) < 4.78 is 5.34. The van der Waals surface area contributed by atoms with E-state index in [0.717, 1.165) is 19.3 Å². The highest BCUT2D eigenvalue weighted by Gasteiger charge is 2.48. The minimum Gasteiger partial charge on any atom is -0.444 e.